The van der Waals surface area contributed by atoms with E-state index in [0.29, 0.717) is 0 Å². The van der Waals surface area contributed by atoms with Gasteiger partial charge in [-0.15, -0.1) is 0 Å². The first kappa shape index (κ1) is 18.8. The number of carbonyl (C=O) groups is 1. The van der Waals surface area contributed by atoms with Crippen LogP contribution in [0.4, 0.5) is 11.4 Å². The highest BCUT2D eigenvalue weighted by molar-refractivity contribution is 7.90. The molecule has 23 heavy (non-hydrogen) atoms. The molecule has 1 aromatic carbocycles. The fraction of sp³-hybridized carbons (Fsp3) is 0.462. The average Bonchev–Trinajstić information content (AvgIpc) is 2.49. The Morgan fingerprint density at radius 3 is 2.57 bits per heavy atom. The zero-order valence-electron chi connectivity index (χ0n) is 12.9. The van der Waals surface area contributed by atoms with Crippen LogP contribution < -0.4 is 16.4 Å². The van der Waals surface area contributed by atoms with Gasteiger partial charge in [0.1, 0.15) is 5.69 Å². The second-order valence-electron chi connectivity index (χ2n) is 5.06. The summed E-state index contributed by atoms with van der Waals surface area (Å²) in [6.45, 7) is 2.44. The van der Waals surface area contributed by atoms with E-state index >= 15 is 0 Å². The summed E-state index contributed by atoms with van der Waals surface area (Å²) in [5, 5.41) is 16.5. The predicted octanol–water partition coefficient (Wildman–Crippen LogP) is 0.121. The molecule has 0 spiro atoms. The molecule has 1 amide bonds. The Labute approximate surface area is 134 Å². The Morgan fingerprint density at radius 1 is 1.39 bits per heavy atom. The third-order valence-corrected chi connectivity index (χ3v) is 4.25. The lowest BCUT2D eigenvalue weighted by Crippen LogP contribution is -2.35. The molecule has 0 heterocycles. The number of sulfone groups is 1. The maximum Gasteiger partial charge on any atom is 0.293 e. The molecule has 0 fully saturated rings. The topological polar surface area (TPSA) is 144 Å². The van der Waals surface area contributed by atoms with Crippen molar-refractivity contribution < 1.29 is 18.1 Å². The number of nitrogens with one attached hydrogen (secondary N) is 2. The van der Waals surface area contributed by atoms with Gasteiger partial charge in [-0.1, -0.05) is 6.92 Å². The van der Waals surface area contributed by atoms with Gasteiger partial charge in [0.05, 0.1) is 9.82 Å². The van der Waals surface area contributed by atoms with Crippen molar-refractivity contribution in [3.05, 3.63) is 28.3 Å². The third-order valence-electron chi connectivity index (χ3n) is 3.13. The summed E-state index contributed by atoms with van der Waals surface area (Å²) >= 11 is 0. The lowest BCUT2D eigenvalue weighted by molar-refractivity contribution is -0.384. The Bertz CT molecular complexity index is 690. The molecule has 1 unspecified atom stereocenters. The van der Waals surface area contributed by atoms with Crippen LogP contribution in [0.15, 0.2) is 23.1 Å². The number of rotatable bonds is 8. The number of nitrogens with two attached hydrogens (primary N) is 1. The number of nitro groups is 1. The van der Waals surface area contributed by atoms with Gasteiger partial charge < -0.3 is 16.4 Å². The molecule has 9 nitrogen and oxygen atoms in total. The van der Waals surface area contributed by atoms with Crippen molar-refractivity contribution in [2.75, 3.05) is 31.2 Å². The van der Waals surface area contributed by atoms with Crippen LogP contribution in [0.25, 0.3) is 0 Å². The smallest absolute Gasteiger partial charge is 0.293 e. The largest absolute Gasteiger partial charge is 0.378 e. The van der Waals surface area contributed by atoms with Crippen LogP contribution in [0, 0.1) is 16.0 Å². The van der Waals surface area contributed by atoms with Crippen LogP contribution in [0.5, 0.6) is 0 Å². The van der Waals surface area contributed by atoms with E-state index in [1.54, 1.807) is 6.92 Å². The summed E-state index contributed by atoms with van der Waals surface area (Å²) in [4.78, 5) is 21.8. The first-order valence-corrected chi connectivity index (χ1v) is 8.76. The number of anilines is 1. The Morgan fingerprint density at radius 2 is 2.04 bits per heavy atom. The standard InChI is InChI=1S/C13H20N4O5S/c1-9(8-14)13(18)16-6-5-15-11-4-3-10(23(2,21)22)7-12(11)17(19)20/h3-4,7,9,15H,5-6,8,14H2,1-2H3,(H,16,18). The zero-order valence-corrected chi connectivity index (χ0v) is 13.7. The van der Waals surface area contributed by atoms with E-state index in [2.05, 4.69) is 10.6 Å². The molecule has 0 aliphatic rings. The average molecular weight is 344 g/mol. The summed E-state index contributed by atoms with van der Waals surface area (Å²) in [5.74, 6) is -0.505. The molecule has 4 N–H and O–H groups in total. The van der Waals surface area contributed by atoms with Crippen LogP contribution in [0.2, 0.25) is 0 Å². The second kappa shape index (κ2) is 7.88. The second-order valence-corrected chi connectivity index (χ2v) is 7.08. The van der Waals surface area contributed by atoms with Crippen LogP contribution in [-0.2, 0) is 14.6 Å². The van der Waals surface area contributed by atoms with Gasteiger partial charge in [-0.3, -0.25) is 14.9 Å². The summed E-state index contributed by atoms with van der Waals surface area (Å²) < 4.78 is 22.9. The van der Waals surface area contributed by atoms with Crippen molar-refractivity contribution in [1.29, 1.82) is 0 Å². The highest BCUT2D eigenvalue weighted by Gasteiger charge is 2.18. The van der Waals surface area contributed by atoms with E-state index in [1.807, 2.05) is 0 Å². The van der Waals surface area contributed by atoms with Gasteiger partial charge in [0, 0.05) is 37.9 Å². The van der Waals surface area contributed by atoms with Crippen molar-refractivity contribution in [2.24, 2.45) is 11.7 Å². The Balaban J connectivity index is 2.74. The minimum atomic E-state index is -3.53. The Hall–Kier alpha value is -2.20. The fourth-order valence-corrected chi connectivity index (χ4v) is 2.35. The van der Waals surface area contributed by atoms with Crippen molar-refractivity contribution in [3.8, 4) is 0 Å². The number of carbonyl (C=O) groups excluding carboxylic acids is 1. The van der Waals surface area contributed by atoms with Gasteiger partial charge in [0.15, 0.2) is 9.84 Å². The van der Waals surface area contributed by atoms with Crippen LogP contribution in [-0.4, -0.2) is 45.1 Å². The molecule has 0 saturated carbocycles. The quantitative estimate of drug-likeness (QED) is 0.345. The molecule has 0 saturated heterocycles. The van der Waals surface area contributed by atoms with E-state index in [-0.39, 0.29) is 47.7 Å². The number of nitrogens with zero attached hydrogens (tertiary/aromatic N) is 1. The minimum Gasteiger partial charge on any atom is -0.378 e. The van der Waals surface area contributed by atoms with Gasteiger partial charge in [0.2, 0.25) is 5.91 Å². The molecule has 0 radical (unpaired) electrons. The van der Waals surface area contributed by atoms with E-state index in [0.717, 1.165) is 12.3 Å². The Kier molecular flexibility index (Phi) is 6.46. The monoisotopic (exact) mass is 344 g/mol. The van der Waals surface area contributed by atoms with E-state index in [1.165, 1.54) is 12.1 Å². The molecule has 10 heteroatoms. The zero-order chi connectivity index (χ0) is 17.6. The van der Waals surface area contributed by atoms with Gasteiger partial charge in [-0.05, 0) is 12.1 Å². The lowest BCUT2D eigenvalue weighted by Gasteiger charge is -2.11. The summed E-state index contributed by atoms with van der Waals surface area (Å²) in [5.41, 5.74) is 5.22. The number of hydrogen-bond acceptors (Lipinski definition) is 7. The van der Waals surface area contributed by atoms with Crippen molar-refractivity contribution in [3.63, 3.8) is 0 Å². The SMILES string of the molecule is CC(CN)C(=O)NCCNc1ccc(S(C)(=O)=O)cc1[N+](=O)[O-]. The third kappa shape index (κ3) is 5.49. The molecule has 1 rings (SSSR count). The number of nitro benzene ring substituents is 1. The summed E-state index contributed by atoms with van der Waals surface area (Å²) in [7, 11) is -3.53. The molecule has 0 aliphatic heterocycles. The van der Waals surface area contributed by atoms with Crippen LogP contribution >= 0.6 is 0 Å². The number of benzene rings is 1. The van der Waals surface area contributed by atoms with Crippen LogP contribution in [0.1, 0.15) is 6.92 Å². The molecule has 1 aromatic rings. The van der Waals surface area contributed by atoms with Crippen molar-refractivity contribution in [2.45, 2.75) is 11.8 Å². The number of hydrogen-bond donors (Lipinski definition) is 3. The molecule has 0 bridgehead atoms. The van der Waals surface area contributed by atoms with Gasteiger partial charge in [0.25, 0.3) is 5.69 Å². The van der Waals surface area contributed by atoms with E-state index < -0.39 is 14.8 Å². The molecule has 1 atom stereocenters. The van der Waals surface area contributed by atoms with Crippen molar-refractivity contribution in [1.82, 2.24) is 5.32 Å². The molecule has 0 aliphatic carbocycles. The predicted molar refractivity (Wildman–Crippen MR) is 85.9 cm³/mol. The summed E-state index contributed by atoms with van der Waals surface area (Å²) in [6.07, 6.45) is 0.979. The molecule has 0 aromatic heterocycles. The highest BCUT2D eigenvalue weighted by atomic mass is 32.2. The first-order chi connectivity index (χ1) is 10.7. The minimum absolute atomic E-state index is 0.125. The van der Waals surface area contributed by atoms with Crippen LogP contribution in [0.3, 0.4) is 0 Å². The first-order valence-electron chi connectivity index (χ1n) is 6.87. The maximum atomic E-state index is 11.5. The van der Waals surface area contributed by atoms with E-state index in [9.17, 15) is 23.3 Å². The molecule has 128 valence electrons. The lowest BCUT2D eigenvalue weighted by atomic mass is 10.2. The van der Waals surface area contributed by atoms with E-state index in [4.69, 9.17) is 5.73 Å². The van der Waals surface area contributed by atoms with Crippen molar-refractivity contribution >= 4 is 27.1 Å². The normalized spacial score (nSPS) is 12.5. The van der Waals surface area contributed by atoms with Gasteiger partial charge in [-0.25, -0.2) is 8.42 Å². The molecular weight excluding hydrogens is 324 g/mol. The highest BCUT2D eigenvalue weighted by Crippen LogP contribution is 2.27. The van der Waals surface area contributed by atoms with Gasteiger partial charge >= 0.3 is 0 Å². The number of amides is 1. The summed E-state index contributed by atoms with van der Waals surface area (Å²) in [6, 6.07) is 3.63. The maximum absolute atomic E-state index is 11.5. The van der Waals surface area contributed by atoms with Gasteiger partial charge in [-0.2, -0.15) is 0 Å². The fourth-order valence-electron chi connectivity index (χ4n) is 1.71. The molecular formula is C13H20N4O5S.